The van der Waals surface area contributed by atoms with Crippen LogP contribution < -0.4 is 5.32 Å². The summed E-state index contributed by atoms with van der Waals surface area (Å²) in [7, 11) is 0. The molecule has 0 saturated heterocycles. The minimum atomic E-state index is 0.710. The Morgan fingerprint density at radius 1 is 1.16 bits per heavy atom. The van der Waals surface area contributed by atoms with E-state index in [1.165, 1.54) is 10.5 Å². The summed E-state index contributed by atoms with van der Waals surface area (Å²) in [6.45, 7) is 7.16. The summed E-state index contributed by atoms with van der Waals surface area (Å²) in [5.41, 5.74) is 2.38. The Balaban J connectivity index is 2.16. The zero-order chi connectivity index (χ0) is 13.7. The molecule has 0 aliphatic heterocycles. The lowest BCUT2D eigenvalue weighted by Crippen LogP contribution is -2.05. The molecule has 19 heavy (non-hydrogen) atoms. The lowest BCUT2D eigenvalue weighted by molar-refractivity contribution is 0.925. The van der Waals surface area contributed by atoms with Gasteiger partial charge in [0.1, 0.15) is 5.03 Å². The minimum absolute atomic E-state index is 0.710. The molecule has 0 unspecified atom stereocenters. The van der Waals surface area contributed by atoms with Gasteiger partial charge in [0.2, 0.25) is 5.95 Å². The van der Waals surface area contributed by atoms with Crippen molar-refractivity contribution in [3.8, 4) is 0 Å². The second kappa shape index (κ2) is 6.57. The van der Waals surface area contributed by atoms with Gasteiger partial charge in [-0.05, 0) is 32.4 Å². The molecule has 0 aliphatic rings. The van der Waals surface area contributed by atoms with E-state index in [1.807, 2.05) is 13.1 Å². The van der Waals surface area contributed by atoms with Gasteiger partial charge in [0, 0.05) is 23.2 Å². The van der Waals surface area contributed by atoms with Crippen molar-refractivity contribution in [3.63, 3.8) is 0 Å². The van der Waals surface area contributed by atoms with Gasteiger partial charge in [0.15, 0.2) is 0 Å². The van der Waals surface area contributed by atoms with Gasteiger partial charge in [-0.2, -0.15) is 0 Å². The Morgan fingerprint density at radius 2 is 1.89 bits per heavy atom. The Hall–Kier alpha value is -1.55. The predicted molar refractivity (Wildman–Crippen MR) is 80.9 cm³/mol. The van der Waals surface area contributed by atoms with Crippen LogP contribution in [0, 0.1) is 13.8 Å². The number of aromatic nitrogens is 2. The topological polar surface area (TPSA) is 37.8 Å². The van der Waals surface area contributed by atoms with E-state index in [2.05, 4.69) is 53.4 Å². The molecule has 1 N–H and O–H groups in total. The summed E-state index contributed by atoms with van der Waals surface area (Å²) in [4.78, 5) is 10.1. The molecule has 0 atom stereocenters. The van der Waals surface area contributed by atoms with Crippen molar-refractivity contribution < 1.29 is 0 Å². The smallest absolute Gasteiger partial charge is 0.223 e. The summed E-state index contributed by atoms with van der Waals surface area (Å²) in [5, 5.41) is 4.23. The van der Waals surface area contributed by atoms with Crippen molar-refractivity contribution in [2.75, 3.05) is 11.9 Å². The summed E-state index contributed by atoms with van der Waals surface area (Å²) >= 11 is 1.68. The molecule has 2 rings (SSSR count). The SMILES string of the molecule is CCCNc1ncc(C)c(Sc2ccc(C)cc2)n1. The van der Waals surface area contributed by atoms with Crippen LogP contribution in [0.15, 0.2) is 40.4 Å². The molecule has 1 aromatic heterocycles. The predicted octanol–water partition coefficient (Wildman–Crippen LogP) is 4.07. The highest BCUT2D eigenvalue weighted by Gasteiger charge is 2.05. The molecule has 0 bridgehead atoms. The first-order valence-corrected chi connectivity index (χ1v) is 7.32. The summed E-state index contributed by atoms with van der Waals surface area (Å²) < 4.78 is 0. The number of aryl methyl sites for hydroxylation is 2. The third-order valence-electron chi connectivity index (χ3n) is 2.69. The van der Waals surface area contributed by atoms with Gasteiger partial charge >= 0.3 is 0 Å². The second-order valence-corrected chi connectivity index (χ2v) is 5.59. The zero-order valence-electron chi connectivity index (χ0n) is 11.6. The monoisotopic (exact) mass is 273 g/mol. The van der Waals surface area contributed by atoms with Crippen LogP contribution in [0.25, 0.3) is 0 Å². The van der Waals surface area contributed by atoms with E-state index in [4.69, 9.17) is 0 Å². The van der Waals surface area contributed by atoms with Crippen molar-refractivity contribution in [1.29, 1.82) is 0 Å². The molecule has 100 valence electrons. The second-order valence-electron chi connectivity index (χ2n) is 4.52. The van der Waals surface area contributed by atoms with E-state index in [0.29, 0.717) is 5.95 Å². The first-order valence-electron chi connectivity index (χ1n) is 6.51. The Kier molecular flexibility index (Phi) is 4.80. The van der Waals surface area contributed by atoms with Crippen LogP contribution in [-0.2, 0) is 0 Å². The van der Waals surface area contributed by atoms with Crippen LogP contribution in [0.4, 0.5) is 5.95 Å². The molecule has 4 heteroatoms. The van der Waals surface area contributed by atoms with Crippen molar-refractivity contribution in [1.82, 2.24) is 9.97 Å². The standard InChI is InChI=1S/C15H19N3S/c1-4-9-16-15-17-10-12(3)14(18-15)19-13-7-5-11(2)6-8-13/h5-8,10H,4,9H2,1-3H3,(H,16,17,18). The first-order chi connectivity index (χ1) is 9.19. The maximum Gasteiger partial charge on any atom is 0.223 e. The van der Waals surface area contributed by atoms with Gasteiger partial charge < -0.3 is 5.32 Å². The average molecular weight is 273 g/mol. The van der Waals surface area contributed by atoms with Gasteiger partial charge in [0.05, 0.1) is 0 Å². The van der Waals surface area contributed by atoms with E-state index >= 15 is 0 Å². The van der Waals surface area contributed by atoms with Crippen LogP contribution in [0.2, 0.25) is 0 Å². The largest absolute Gasteiger partial charge is 0.354 e. The fourth-order valence-electron chi connectivity index (χ4n) is 1.57. The summed E-state index contributed by atoms with van der Waals surface area (Å²) in [5.74, 6) is 0.710. The van der Waals surface area contributed by atoms with E-state index < -0.39 is 0 Å². The van der Waals surface area contributed by atoms with E-state index in [9.17, 15) is 0 Å². The van der Waals surface area contributed by atoms with Crippen molar-refractivity contribution in [3.05, 3.63) is 41.6 Å². The third kappa shape index (κ3) is 3.96. The molecule has 0 amide bonds. The molecule has 3 nitrogen and oxygen atoms in total. The number of nitrogens with one attached hydrogen (secondary N) is 1. The molecule has 0 spiro atoms. The van der Waals surface area contributed by atoms with Gasteiger partial charge in [-0.3, -0.25) is 0 Å². The zero-order valence-corrected chi connectivity index (χ0v) is 12.4. The summed E-state index contributed by atoms with van der Waals surface area (Å²) in [6.07, 6.45) is 2.94. The minimum Gasteiger partial charge on any atom is -0.354 e. The molecule has 0 fully saturated rings. The number of rotatable bonds is 5. The first kappa shape index (κ1) is 13.9. The highest BCUT2D eigenvalue weighted by atomic mass is 32.2. The van der Waals surface area contributed by atoms with Crippen LogP contribution in [0.3, 0.4) is 0 Å². The van der Waals surface area contributed by atoms with Gasteiger partial charge in [-0.1, -0.05) is 36.4 Å². The number of hydrogen-bond acceptors (Lipinski definition) is 4. The normalized spacial score (nSPS) is 10.5. The lowest BCUT2D eigenvalue weighted by Gasteiger charge is -2.08. The number of benzene rings is 1. The quantitative estimate of drug-likeness (QED) is 0.833. The maximum absolute atomic E-state index is 4.57. The Morgan fingerprint density at radius 3 is 2.58 bits per heavy atom. The number of hydrogen-bond donors (Lipinski definition) is 1. The summed E-state index contributed by atoms with van der Waals surface area (Å²) in [6, 6.07) is 8.49. The van der Waals surface area contributed by atoms with Crippen LogP contribution >= 0.6 is 11.8 Å². The highest BCUT2D eigenvalue weighted by molar-refractivity contribution is 7.99. The van der Waals surface area contributed by atoms with Crippen molar-refractivity contribution >= 4 is 17.7 Å². The molecule has 0 radical (unpaired) electrons. The lowest BCUT2D eigenvalue weighted by atomic mass is 10.2. The van der Waals surface area contributed by atoms with E-state index in [-0.39, 0.29) is 0 Å². The van der Waals surface area contributed by atoms with Crippen LogP contribution in [-0.4, -0.2) is 16.5 Å². The Labute approximate surface area is 118 Å². The molecule has 0 aliphatic carbocycles. The third-order valence-corrected chi connectivity index (χ3v) is 3.81. The van der Waals surface area contributed by atoms with Gasteiger partial charge in [-0.15, -0.1) is 0 Å². The van der Waals surface area contributed by atoms with Crippen LogP contribution in [0.1, 0.15) is 24.5 Å². The van der Waals surface area contributed by atoms with E-state index in [0.717, 1.165) is 23.6 Å². The molecule has 2 aromatic rings. The molecular formula is C15H19N3S. The number of nitrogens with zero attached hydrogens (tertiary/aromatic N) is 2. The molecule has 1 heterocycles. The van der Waals surface area contributed by atoms with Crippen LogP contribution in [0.5, 0.6) is 0 Å². The van der Waals surface area contributed by atoms with Crippen molar-refractivity contribution in [2.24, 2.45) is 0 Å². The fourth-order valence-corrected chi connectivity index (χ4v) is 2.41. The number of anilines is 1. The maximum atomic E-state index is 4.57. The van der Waals surface area contributed by atoms with Gasteiger partial charge in [-0.25, -0.2) is 9.97 Å². The fraction of sp³-hybridized carbons (Fsp3) is 0.333. The molecular weight excluding hydrogens is 254 g/mol. The van der Waals surface area contributed by atoms with Crippen molar-refractivity contribution in [2.45, 2.75) is 37.1 Å². The Bertz CT molecular complexity index is 538. The highest BCUT2D eigenvalue weighted by Crippen LogP contribution is 2.28. The average Bonchev–Trinajstić information content (AvgIpc) is 2.42. The molecule has 0 saturated carbocycles. The molecule has 1 aromatic carbocycles. The van der Waals surface area contributed by atoms with Gasteiger partial charge in [0.25, 0.3) is 0 Å². The van der Waals surface area contributed by atoms with E-state index in [1.54, 1.807) is 11.8 Å².